The van der Waals surface area contributed by atoms with E-state index >= 15 is 0 Å². The molecule has 0 fully saturated rings. The van der Waals surface area contributed by atoms with E-state index in [1.807, 2.05) is 26.0 Å². The van der Waals surface area contributed by atoms with Crippen LogP contribution in [0.4, 0.5) is 0 Å². The summed E-state index contributed by atoms with van der Waals surface area (Å²) in [6.07, 6.45) is -0.0159. The number of carboxylic acid groups (broad SMARTS) is 1. The fourth-order valence-electron chi connectivity index (χ4n) is 3.76. The molecule has 0 aromatic heterocycles. The summed E-state index contributed by atoms with van der Waals surface area (Å²) >= 11 is 3.40. The first-order valence-corrected chi connectivity index (χ1v) is 13.2. The Balaban J connectivity index is 0.000000305. The standard InChI is InChI=1S/C19H18O6.C10H12BrNO.CO2/c1-12-3-7-14(8-4-12)18(22)24-11-16(17(20)21)25-19(23)15-9-5-13(2)6-10-15;11-7-3-1-6-2-4-9(13)10(12)8(6)5-7;2-1-3/h3-10,16H,11H2,1-2H3,(H,20,21);1,3,5,9-10,13H,2,4,12H2;/t16-;9-,10-;/m00./s1. The highest BCUT2D eigenvalue weighted by Gasteiger charge is 2.26. The molecule has 0 saturated heterocycles. The van der Waals surface area contributed by atoms with Gasteiger partial charge in [-0.3, -0.25) is 0 Å². The van der Waals surface area contributed by atoms with Crippen molar-refractivity contribution in [2.24, 2.45) is 5.73 Å². The Kier molecular flexibility index (Phi) is 13.1. The summed E-state index contributed by atoms with van der Waals surface area (Å²) in [5, 5.41) is 18.7. The predicted octanol–water partition coefficient (Wildman–Crippen LogP) is 3.94. The third-order valence-electron chi connectivity index (χ3n) is 6.06. The van der Waals surface area contributed by atoms with Crippen molar-refractivity contribution in [2.75, 3.05) is 6.61 Å². The van der Waals surface area contributed by atoms with Gasteiger partial charge in [0.05, 0.1) is 23.3 Å². The van der Waals surface area contributed by atoms with Crippen LogP contribution < -0.4 is 5.73 Å². The van der Waals surface area contributed by atoms with E-state index in [-0.39, 0.29) is 23.9 Å². The summed E-state index contributed by atoms with van der Waals surface area (Å²) in [5.41, 5.74) is 10.7. The van der Waals surface area contributed by atoms with E-state index in [0.29, 0.717) is 5.56 Å². The minimum atomic E-state index is -1.58. The average Bonchev–Trinajstić information content (AvgIpc) is 2.94. The highest BCUT2D eigenvalue weighted by molar-refractivity contribution is 9.10. The number of carboxylic acids is 1. The fourth-order valence-corrected chi connectivity index (χ4v) is 4.14. The lowest BCUT2D eigenvalue weighted by Crippen LogP contribution is -2.32. The summed E-state index contributed by atoms with van der Waals surface area (Å²) in [6, 6.07) is 19.0. The number of aliphatic carboxylic acids is 1. The SMILES string of the molecule is Cc1ccc(C(=O)OC[C@H](OC(=O)c2ccc(C)cc2)C(=O)O)cc1.N[C@H]1c2cc(Br)ccc2CC[C@@H]1O.O=C=O. The molecule has 0 spiro atoms. The van der Waals surface area contributed by atoms with Gasteiger partial charge in [-0.15, -0.1) is 0 Å². The molecule has 1 aliphatic rings. The number of benzene rings is 3. The summed E-state index contributed by atoms with van der Waals surface area (Å²) in [6.45, 7) is 3.17. The van der Waals surface area contributed by atoms with E-state index in [2.05, 4.69) is 22.0 Å². The number of nitrogens with two attached hydrogens (primary N) is 1. The van der Waals surface area contributed by atoms with Crippen molar-refractivity contribution in [3.05, 3.63) is 105 Å². The van der Waals surface area contributed by atoms with Crippen LogP contribution in [0.15, 0.2) is 71.2 Å². The number of fused-ring (bicyclic) bond motifs is 1. The number of hydrogen-bond acceptors (Lipinski definition) is 9. The van der Waals surface area contributed by atoms with Gasteiger partial charge in [-0.2, -0.15) is 9.59 Å². The number of hydrogen-bond donors (Lipinski definition) is 3. The molecular weight excluding hydrogens is 598 g/mol. The quantitative estimate of drug-likeness (QED) is 0.340. The summed E-state index contributed by atoms with van der Waals surface area (Å²) < 4.78 is 10.9. The first-order chi connectivity index (χ1) is 19.5. The molecule has 0 bridgehead atoms. The van der Waals surface area contributed by atoms with E-state index in [1.54, 1.807) is 36.4 Å². The predicted molar refractivity (Wildman–Crippen MR) is 150 cm³/mol. The number of aliphatic hydroxyl groups is 1. The monoisotopic (exact) mass is 627 g/mol. The van der Waals surface area contributed by atoms with Gasteiger partial charge in [0.2, 0.25) is 6.10 Å². The van der Waals surface area contributed by atoms with E-state index in [0.717, 1.165) is 34.0 Å². The third-order valence-corrected chi connectivity index (χ3v) is 6.55. The van der Waals surface area contributed by atoms with E-state index in [9.17, 15) is 19.5 Å². The zero-order valence-electron chi connectivity index (χ0n) is 22.4. The maximum Gasteiger partial charge on any atom is 0.373 e. The van der Waals surface area contributed by atoms with Crippen molar-refractivity contribution >= 4 is 40.0 Å². The molecule has 10 nitrogen and oxygen atoms in total. The summed E-state index contributed by atoms with van der Waals surface area (Å²) in [7, 11) is 0. The van der Waals surface area contributed by atoms with Crippen LogP contribution in [-0.2, 0) is 30.3 Å². The molecular formula is C30H30BrNO9. The lowest BCUT2D eigenvalue weighted by Gasteiger charge is -2.27. The van der Waals surface area contributed by atoms with Crippen LogP contribution in [0.3, 0.4) is 0 Å². The molecule has 4 rings (SSSR count). The number of ether oxygens (including phenoxy) is 2. The van der Waals surface area contributed by atoms with Gasteiger partial charge in [-0.1, -0.05) is 57.4 Å². The maximum atomic E-state index is 12.0. The molecule has 0 radical (unpaired) electrons. The highest BCUT2D eigenvalue weighted by atomic mass is 79.9. The number of halogens is 1. The summed E-state index contributed by atoms with van der Waals surface area (Å²) in [5.74, 6) is -2.87. The maximum absolute atomic E-state index is 12.0. The van der Waals surface area contributed by atoms with Gasteiger partial charge in [0.25, 0.3) is 0 Å². The topological polar surface area (TPSA) is 170 Å². The van der Waals surface area contributed by atoms with E-state index in [4.69, 9.17) is 29.9 Å². The molecule has 3 aromatic carbocycles. The normalized spacial score (nSPS) is 15.7. The minimum Gasteiger partial charge on any atom is -0.478 e. The zero-order chi connectivity index (χ0) is 30.5. The number of carbonyl (C=O) groups is 3. The molecule has 0 saturated carbocycles. The van der Waals surface area contributed by atoms with Crippen molar-refractivity contribution in [1.82, 2.24) is 0 Å². The largest absolute Gasteiger partial charge is 0.478 e. The Hall–Kier alpha value is -4.15. The molecule has 4 N–H and O–H groups in total. The van der Waals surface area contributed by atoms with Crippen molar-refractivity contribution in [2.45, 2.75) is 44.9 Å². The number of aliphatic hydroxyl groups excluding tert-OH is 1. The molecule has 0 heterocycles. The molecule has 11 heteroatoms. The Morgan fingerprint density at radius 3 is 1.98 bits per heavy atom. The first kappa shape index (κ1) is 33.1. The molecule has 41 heavy (non-hydrogen) atoms. The summed E-state index contributed by atoms with van der Waals surface area (Å²) in [4.78, 5) is 51.4. The van der Waals surface area contributed by atoms with E-state index < -0.39 is 30.6 Å². The molecule has 1 aliphatic carbocycles. The smallest absolute Gasteiger partial charge is 0.373 e. The van der Waals surface area contributed by atoms with Crippen LogP contribution in [-0.4, -0.2) is 53.1 Å². The highest BCUT2D eigenvalue weighted by Crippen LogP contribution is 2.30. The van der Waals surface area contributed by atoms with Crippen molar-refractivity contribution in [3.63, 3.8) is 0 Å². The van der Waals surface area contributed by atoms with Gasteiger partial charge in [-0.05, 0) is 74.2 Å². The van der Waals surface area contributed by atoms with Crippen LogP contribution in [0.5, 0.6) is 0 Å². The Bertz CT molecular complexity index is 1370. The Labute approximate surface area is 245 Å². The Morgan fingerprint density at radius 2 is 1.46 bits per heavy atom. The third kappa shape index (κ3) is 10.4. The second kappa shape index (κ2) is 16.2. The molecule has 3 atom stereocenters. The molecule has 216 valence electrons. The number of aryl methyl sites for hydroxylation is 3. The van der Waals surface area contributed by atoms with Gasteiger partial charge in [0.1, 0.15) is 6.61 Å². The van der Waals surface area contributed by atoms with Gasteiger partial charge in [-0.25, -0.2) is 14.4 Å². The number of esters is 2. The number of carbonyl (C=O) groups excluding carboxylic acids is 4. The number of rotatable bonds is 6. The van der Waals surface area contributed by atoms with Crippen molar-refractivity contribution in [1.29, 1.82) is 0 Å². The van der Waals surface area contributed by atoms with Crippen LogP contribution >= 0.6 is 15.9 Å². The Morgan fingerprint density at radius 1 is 0.951 bits per heavy atom. The molecule has 3 aromatic rings. The van der Waals surface area contributed by atoms with E-state index in [1.165, 1.54) is 17.7 Å². The second-order valence-corrected chi connectivity index (χ2v) is 10.0. The van der Waals surface area contributed by atoms with Crippen LogP contribution in [0.1, 0.15) is 55.4 Å². The van der Waals surface area contributed by atoms with Crippen molar-refractivity contribution < 1.29 is 43.7 Å². The van der Waals surface area contributed by atoms with Gasteiger partial charge < -0.3 is 25.4 Å². The molecule has 0 amide bonds. The molecule has 0 aliphatic heterocycles. The van der Waals surface area contributed by atoms with Crippen molar-refractivity contribution in [3.8, 4) is 0 Å². The second-order valence-electron chi connectivity index (χ2n) is 9.12. The van der Waals surface area contributed by atoms with Gasteiger partial charge in [0, 0.05) is 4.47 Å². The van der Waals surface area contributed by atoms with Crippen LogP contribution in [0.2, 0.25) is 0 Å². The fraction of sp³-hybridized carbons (Fsp3) is 0.267. The average molecular weight is 628 g/mol. The minimum absolute atomic E-state index is 0.221. The van der Waals surface area contributed by atoms with Gasteiger partial charge in [0.15, 0.2) is 0 Å². The zero-order valence-corrected chi connectivity index (χ0v) is 24.0. The lowest BCUT2D eigenvalue weighted by atomic mass is 9.86. The van der Waals surface area contributed by atoms with Crippen LogP contribution in [0.25, 0.3) is 0 Å². The molecule has 0 unspecified atom stereocenters. The lowest BCUT2D eigenvalue weighted by molar-refractivity contribution is -0.191. The first-order valence-electron chi connectivity index (χ1n) is 12.4. The van der Waals surface area contributed by atoms with Gasteiger partial charge >= 0.3 is 24.1 Å². The van der Waals surface area contributed by atoms with Crippen LogP contribution in [0, 0.1) is 13.8 Å².